The van der Waals surface area contributed by atoms with Crippen molar-refractivity contribution in [2.45, 2.75) is 40.5 Å². The van der Waals surface area contributed by atoms with Gasteiger partial charge < -0.3 is 29.9 Å². The van der Waals surface area contributed by atoms with Gasteiger partial charge in [0.25, 0.3) is 5.91 Å². The highest BCUT2D eigenvalue weighted by Gasteiger charge is 2.19. The van der Waals surface area contributed by atoms with E-state index in [1.807, 2.05) is 30.3 Å². The minimum Gasteiger partial charge on any atom is -0.507 e. The van der Waals surface area contributed by atoms with E-state index in [0.29, 0.717) is 24.5 Å². The lowest BCUT2D eigenvalue weighted by atomic mass is 10.0. The number of aromatic amines is 1. The van der Waals surface area contributed by atoms with E-state index in [0.717, 1.165) is 67.3 Å². The molecule has 1 heterocycles. The van der Waals surface area contributed by atoms with Crippen molar-refractivity contribution in [3.05, 3.63) is 103 Å². The number of carbonyl (C=O) groups is 1. The van der Waals surface area contributed by atoms with Crippen LogP contribution in [0, 0.1) is 0 Å². The van der Waals surface area contributed by atoms with Gasteiger partial charge in [-0.15, -0.1) is 0 Å². The molecule has 8 nitrogen and oxygen atoms in total. The Hall–Kier alpha value is -5.24. The van der Waals surface area contributed by atoms with Crippen LogP contribution in [0.15, 0.2) is 97.1 Å². The standard InChI is InChI=1S/C40H47N5O3/c1-5-44(6-2)32-21-16-29(17-22-32)37-38(30-18-23-33(24-19-30)45(7-3)8-4)43-39(42-37)31-20-25-36(46)35(28-31)40(47)41-26-12-13-27-48-34-14-10-9-11-15-34/h9-11,14-25,28,46H,5-8,12-13,26-27H2,1-4H3,(H,41,47)(H,42,43). The van der Waals surface area contributed by atoms with Crippen LogP contribution in [0.4, 0.5) is 11.4 Å². The molecule has 0 unspecified atom stereocenters. The average molecular weight is 646 g/mol. The van der Waals surface area contributed by atoms with Crippen molar-refractivity contribution in [3.8, 4) is 45.4 Å². The van der Waals surface area contributed by atoms with Crippen LogP contribution in [0.25, 0.3) is 33.9 Å². The number of para-hydroxylation sites is 1. The molecule has 0 atom stereocenters. The molecule has 1 aromatic heterocycles. The minimum absolute atomic E-state index is 0.0744. The molecule has 1 amide bonds. The van der Waals surface area contributed by atoms with Crippen molar-refractivity contribution >= 4 is 17.3 Å². The zero-order chi connectivity index (χ0) is 33.9. The highest BCUT2D eigenvalue weighted by atomic mass is 16.5. The summed E-state index contributed by atoms with van der Waals surface area (Å²) >= 11 is 0. The number of H-pyrrole nitrogens is 1. The number of hydrogen-bond acceptors (Lipinski definition) is 6. The third-order valence-electron chi connectivity index (χ3n) is 8.64. The van der Waals surface area contributed by atoms with E-state index in [-0.39, 0.29) is 17.2 Å². The molecular formula is C40H47N5O3. The van der Waals surface area contributed by atoms with Crippen LogP contribution < -0.4 is 19.9 Å². The van der Waals surface area contributed by atoms with E-state index in [9.17, 15) is 9.90 Å². The Labute approximate surface area is 284 Å². The first-order valence-electron chi connectivity index (χ1n) is 17.1. The molecule has 0 fully saturated rings. The summed E-state index contributed by atoms with van der Waals surface area (Å²) in [7, 11) is 0. The topological polar surface area (TPSA) is 93.7 Å². The first kappa shape index (κ1) is 34.1. The van der Waals surface area contributed by atoms with E-state index < -0.39 is 0 Å². The summed E-state index contributed by atoms with van der Waals surface area (Å²) in [4.78, 5) is 26.4. The Balaban J connectivity index is 1.38. The molecule has 0 aliphatic carbocycles. The fourth-order valence-corrected chi connectivity index (χ4v) is 5.87. The molecule has 0 spiro atoms. The van der Waals surface area contributed by atoms with E-state index in [4.69, 9.17) is 9.72 Å². The summed E-state index contributed by atoms with van der Waals surface area (Å²) in [5.41, 5.74) is 6.98. The number of phenolic OH excluding ortho intramolecular Hbond substituents is 1. The number of ether oxygens (including phenoxy) is 1. The number of aromatic nitrogens is 2. The van der Waals surface area contributed by atoms with Crippen LogP contribution in [0.5, 0.6) is 11.5 Å². The molecule has 5 aromatic rings. The fourth-order valence-electron chi connectivity index (χ4n) is 5.87. The molecule has 5 rings (SSSR count). The van der Waals surface area contributed by atoms with Crippen LogP contribution in [-0.4, -0.2) is 60.3 Å². The molecule has 0 saturated heterocycles. The van der Waals surface area contributed by atoms with Gasteiger partial charge in [-0.2, -0.15) is 0 Å². The van der Waals surface area contributed by atoms with Crippen molar-refractivity contribution in [2.24, 2.45) is 0 Å². The average Bonchev–Trinajstić information content (AvgIpc) is 3.57. The third-order valence-corrected chi connectivity index (χ3v) is 8.64. The Kier molecular flexibility index (Phi) is 11.8. The first-order chi connectivity index (χ1) is 23.4. The van der Waals surface area contributed by atoms with E-state index >= 15 is 0 Å². The number of anilines is 2. The van der Waals surface area contributed by atoms with Crippen LogP contribution in [0.2, 0.25) is 0 Å². The molecule has 0 saturated carbocycles. The summed E-state index contributed by atoms with van der Waals surface area (Å²) in [5, 5.41) is 13.6. The summed E-state index contributed by atoms with van der Waals surface area (Å²) < 4.78 is 5.74. The van der Waals surface area contributed by atoms with Crippen LogP contribution >= 0.6 is 0 Å². The second kappa shape index (κ2) is 16.5. The maximum atomic E-state index is 13.2. The second-order valence-electron chi connectivity index (χ2n) is 11.6. The van der Waals surface area contributed by atoms with Crippen LogP contribution in [0.3, 0.4) is 0 Å². The van der Waals surface area contributed by atoms with Gasteiger partial charge in [0.15, 0.2) is 0 Å². The Morgan fingerprint density at radius 3 is 1.94 bits per heavy atom. The predicted molar refractivity (Wildman–Crippen MR) is 197 cm³/mol. The lowest BCUT2D eigenvalue weighted by molar-refractivity contribution is 0.0949. The maximum Gasteiger partial charge on any atom is 0.255 e. The maximum absolute atomic E-state index is 13.2. The van der Waals surface area contributed by atoms with Gasteiger partial charge in [0.05, 0.1) is 23.6 Å². The number of imidazole rings is 1. The van der Waals surface area contributed by atoms with Gasteiger partial charge in [0, 0.05) is 60.8 Å². The van der Waals surface area contributed by atoms with E-state index in [2.05, 4.69) is 96.3 Å². The van der Waals surface area contributed by atoms with E-state index in [1.54, 1.807) is 18.2 Å². The number of aromatic hydroxyl groups is 1. The van der Waals surface area contributed by atoms with Gasteiger partial charge in [-0.1, -0.05) is 42.5 Å². The summed E-state index contributed by atoms with van der Waals surface area (Å²) in [5.74, 6) is 1.05. The zero-order valence-corrected chi connectivity index (χ0v) is 28.5. The highest BCUT2D eigenvalue weighted by molar-refractivity contribution is 5.98. The number of rotatable bonds is 16. The Morgan fingerprint density at radius 2 is 1.33 bits per heavy atom. The zero-order valence-electron chi connectivity index (χ0n) is 28.5. The largest absolute Gasteiger partial charge is 0.507 e. The van der Waals surface area contributed by atoms with Gasteiger partial charge in [0.2, 0.25) is 0 Å². The monoisotopic (exact) mass is 645 g/mol. The third kappa shape index (κ3) is 8.18. The van der Waals surface area contributed by atoms with Gasteiger partial charge in [-0.05, 0) is 95.1 Å². The molecule has 0 aliphatic rings. The lowest BCUT2D eigenvalue weighted by Crippen LogP contribution is -2.24. The van der Waals surface area contributed by atoms with Gasteiger partial charge in [0.1, 0.15) is 17.3 Å². The molecule has 0 radical (unpaired) electrons. The fraction of sp³-hybridized carbons (Fsp3) is 0.300. The molecular weight excluding hydrogens is 598 g/mol. The summed E-state index contributed by atoms with van der Waals surface area (Å²) in [6.45, 7) is 13.4. The number of benzene rings is 4. The minimum atomic E-state index is -0.329. The molecule has 48 heavy (non-hydrogen) atoms. The SMILES string of the molecule is CCN(CC)c1ccc(-c2nc(-c3ccc(O)c(C(=O)NCCCCOc4ccccc4)c3)[nH]c2-c2ccc(N(CC)CC)cc2)cc1. The summed E-state index contributed by atoms with van der Waals surface area (Å²) in [6.07, 6.45) is 1.55. The number of hydrogen-bond donors (Lipinski definition) is 3. The second-order valence-corrected chi connectivity index (χ2v) is 11.6. The number of unbranched alkanes of at least 4 members (excludes halogenated alkanes) is 1. The van der Waals surface area contributed by atoms with E-state index in [1.165, 1.54) is 11.4 Å². The molecule has 0 bridgehead atoms. The van der Waals surface area contributed by atoms with Crippen molar-refractivity contribution in [2.75, 3.05) is 49.1 Å². The Bertz CT molecular complexity index is 1670. The molecule has 3 N–H and O–H groups in total. The first-order valence-corrected chi connectivity index (χ1v) is 17.1. The number of nitrogens with zero attached hydrogens (tertiary/aromatic N) is 3. The van der Waals surface area contributed by atoms with Crippen molar-refractivity contribution in [3.63, 3.8) is 0 Å². The number of carbonyl (C=O) groups excluding carboxylic acids is 1. The number of amides is 1. The van der Waals surface area contributed by atoms with Crippen LogP contribution in [0.1, 0.15) is 50.9 Å². The molecule has 4 aromatic carbocycles. The predicted octanol–water partition coefficient (Wildman–Crippen LogP) is 8.40. The van der Waals surface area contributed by atoms with Gasteiger partial charge in [-0.25, -0.2) is 4.98 Å². The lowest BCUT2D eigenvalue weighted by Gasteiger charge is -2.21. The highest BCUT2D eigenvalue weighted by Crippen LogP contribution is 2.35. The molecule has 8 heteroatoms. The van der Waals surface area contributed by atoms with Crippen molar-refractivity contribution in [1.29, 1.82) is 0 Å². The van der Waals surface area contributed by atoms with Crippen molar-refractivity contribution in [1.82, 2.24) is 15.3 Å². The number of phenols is 1. The van der Waals surface area contributed by atoms with Crippen LogP contribution in [-0.2, 0) is 0 Å². The van der Waals surface area contributed by atoms with Gasteiger partial charge >= 0.3 is 0 Å². The van der Waals surface area contributed by atoms with Crippen molar-refractivity contribution < 1.29 is 14.6 Å². The normalized spacial score (nSPS) is 10.9. The smallest absolute Gasteiger partial charge is 0.255 e. The number of nitrogens with one attached hydrogen (secondary N) is 2. The summed E-state index contributed by atoms with van der Waals surface area (Å²) in [6, 6.07) is 31.8. The Morgan fingerprint density at radius 1 is 0.750 bits per heavy atom. The molecule has 0 aliphatic heterocycles. The quantitative estimate of drug-likeness (QED) is 0.0934. The molecule has 250 valence electrons. The van der Waals surface area contributed by atoms with Gasteiger partial charge in [-0.3, -0.25) is 4.79 Å².